The Kier molecular flexibility index (Phi) is 3.52. The molecule has 12 heavy (non-hydrogen) atoms. The molecule has 1 N–H and O–H groups in total. The first-order valence-electron chi connectivity index (χ1n) is 3.61. The fourth-order valence-electron chi connectivity index (χ4n) is 0.908. The highest BCUT2D eigenvalue weighted by molar-refractivity contribution is 14.1. The van der Waals surface area contributed by atoms with Crippen molar-refractivity contribution in [2.75, 3.05) is 0 Å². The second kappa shape index (κ2) is 4.45. The normalized spacial score (nSPS) is 12.4. The van der Waals surface area contributed by atoms with Gasteiger partial charge < -0.3 is 5.11 Å². The van der Waals surface area contributed by atoms with E-state index in [0.29, 0.717) is 6.42 Å². The van der Waals surface area contributed by atoms with Crippen LogP contribution >= 0.6 is 22.6 Å². The van der Waals surface area contributed by atoms with Crippen LogP contribution < -0.4 is 0 Å². The number of carboxylic acids is 1. The van der Waals surface area contributed by atoms with E-state index in [1.165, 1.54) is 0 Å². The Morgan fingerprint density at radius 2 is 2.00 bits per heavy atom. The lowest BCUT2D eigenvalue weighted by Gasteiger charge is -2.03. The van der Waals surface area contributed by atoms with E-state index in [1.54, 1.807) is 0 Å². The number of benzene rings is 1. The molecular weight excluding hydrogens is 267 g/mol. The summed E-state index contributed by atoms with van der Waals surface area (Å²) in [6, 6.07) is 9.64. The number of carbonyl (C=O) groups is 1. The van der Waals surface area contributed by atoms with Crippen molar-refractivity contribution in [3.63, 3.8) is 0 Å². The zero-order valence-corrected chi connectivity index (χ0v) is 8.56. The van der Waals surface area contributed by atoms with Gasteiger partial charge in [-0.1, -0.05) is 52.9 Å². The van der Waals surface area contributed by atoms with E-state index in [-0.39, 0.29) is 3.92 Å². The van der Waals surface area contributed by atoms with Crippen LogP contribution in [0, 0.1) is 0 Å². The number of rotatable bonds is 3. The molecule has 0 aliphatic heterocycles. The predicted octanol–water partition coefficient (Wildman–Crippen LogP) is 2.12. The summed E-state index contributed by atoms with van der Waals surface area (Å²) < 4.78 is -0.329. The Bertz CT molecular complexity index is 258. The number of hydrogen-bond acceptors (Lipinski definition) is 1. The van der Waals surface area contributed by atoms with Crippen LogP contribution in [0.4, 0.5) is 0 Å². The predicted molar refractivity (Wildman–Crippen MR) is 55.6 cm³/mol. The molecule has 0 aromatic heterocycles. The molecule has 1 atom stereocenters. The summed E-state index contributed by atoms with van der Waals surface area (Å²) in [6.45, 7) is 0. The molecule has 0 aliphatic carbocycles. The molecule has 0 radical (unpaired) electrons. The van der Waals surface area contributed by atoms with Crippen molar-refractivity contribution in [3.05, 3.63) is 35.9 Å². The lowest BCUT2D eigenvalue weighted by molar-refractivity contribution is -0.135. The summed E-state index contributed by atoms with van der Waals surface area (Å²) in [7, 11) is 0. The molecular formula is C9H9IO2. The molecule has 0 fully saturated rings. The van der Waals surface area contributed by atoms with Crippen LogP contribution in [0.2, 0.25) is 0 Å². The third-order valence-electron chi connectivity index (χ3n) is 1.53. The monoisotopic (exact) mass is 276 g/mol. The summed E-state index contributed by atoms with van der Waals surface area (Å²) in [5, 5.41) is 8.64. The maximum Gasteiger partial charge on any atom is 0.316 e. The van der Waals surface area contributed by atoms with Gasteiger partial charge in [-0.25, -0.2) is 0 Å². The zero-order chi connectivity index (χ0) is 8.97. The van der Waals surface area contributed by atoms with Crippen LogP contribution in [0.5, 0.6) is 0 Å². The third kappa shape index (κ3) is 2.81. The standard InChI is InChI=1S/C9H9IO2/c10-8(9(11)12)6-7-4-2-1-3-5-7/h1-5,8H,6H2,(H,11,12). The van der Waals surface area contributed by atoms with Gasteiger partial charge in [0.25, 0.3) is 0 Å². The first-order chi connectivity index (χ1) is 5.70. The first-order valence-corrected chi connectivity index (χ1v) is 4.85. The topological polar surface area (TPSA) is 37.3 Å². The number of halogens is 1. The van der Waals surface area contributed by atoms with Gasteiger partial charge in [-0.05, 0) is 12.0 Å². The second-order valence-electron chi connectivity index (χ2n) is 2.50. The molecule has 64 valence electrons. The molecule has 0 saturated heterocycles. The van der Waals surface area contributed by atoms with Crippen molar-refractivity contribution >= 4 is 28.6 Å². The zero-order valence-electron chi connectivity index (χ0n) is 6.40. The Morgan fingerprint density at radius 3 is 2.50 bits per heavy atom. The molecule has 3 heteroatoms. The third-order valence-corrected chi connectivity index (χ3v) is 2.50. The summed E-state index contributed by atoms with van der Waals surface area (Å²) in [4.78, 5) is 10.5. The minimum Gasteiger partial charge on any atom is -0.480 e. The van der Waals surface area contributed by atoms with E-state index >= 15 is 0 Å². The van der Waals surface area contributed by atoms with E-state index in [9.17, 15) is 4.79 Å². The number of alkyl halides is 1. The molecule has 0 bridgehead atoms. The van der Waals surface area contributed by atoms with Gasteiger partial charge in [0, 0.05) is 0 Å². The minimum absolute atomic E-state index is 0.329. The van der Waals surface area contributed by atoms with E-state index in [2.05, 4.69) is 0 Å². The number of hydrogen-bond donors (Lipinski definition) is 1. The quantitative estimate of drug-likeness (QED) is 0.678. The van der Waals surface area contributed by atoms with Gasteiger partial charge in [0.15, 0.2) is 0 Å². The maximum absolute atomic E-state index is 10.5. The smallest absolute Gasteiger partial charge is 0.316 e. The Morgan fingerprint density at radius 1 is 1.42 bits per heavy atom. The van der Waals surface area contributed by atoms with E-state index in [0.717, 1.165) is 5.56 Å². The molecule has 2 nitrogen and oxygen atoms in total. The van der Waals surface area contributed by atoms with Crippen molar-refractivity contribution in [3.8, 4) is 0 Å². The highest BCUT2D eigenvalue weighted by Crippen LogP contribution is 2.09. The fourth-order valence-corrected chi connectivity index (χ4v) is 1.42. The SMILES string of the molecule is O=C(O)C(I)Cc1ccccc1. The molecule has 1 unspecified atom stereocenters. The lowest BCUT2D eigenvalue weighted by atomic mass is 10.1. The average Bonchev–Trinajstić information content (AvgIpc) is 2.06. The summed E-state index contributed by atoms with van der Waals surface area (Å²) >= 11 is 1.94. The highest BCUT2D eigenvalue weighted by Gasteiger charge is 2.12. The average molecular weight is 276 g/mol. The maximum atomic E-state index is 10.5. The number of aliphatic carboxylic acids is 1. The molecule has 1 aromatic rings. The molecule has 1 rings (SSSR count). The van der Waals surface area contributed by atoms with E-state index < -0.39 is 5.97 Å². The van der Waals surface area contributed by atoms with Crippen molar-refractivity contribution in [1.82, 2.24) is 0 Å². The van der Waals surface area contributed by atoms with Crippen LogP contribution in [-0.2, 0) is 11.2 Å². The summed E-state index contributed by atoms with van der Waals surface area (Å²) in [5.74, 6) is -0.751. The summed E-state index contributed by atoms with van der Waals surface area (Å²) in [6.07, 6.45) is 0.594. The molecule has 0 aliphatic rings. The van der Waals surface area contributed by atoms with E-state index in [4.69, 9.17) is 5.11 Å². The summed E-state index contributed by atoms with van der Waals surface area (Å²) in [5.41, 5.74) is 1.07. The molecule has 0 amide bonds. The first kappa shape index (κ1) is 9.51. The van der Waals surface area contributed by atoms with Crippen LogP contribution in [0.1, 0.15) is 5.56 Å². The van der Waals surface area contributed by atoms with Gasteiger partial charge in [-0.3, -0.25) is 4.79 Å². The molecule has 1 aromatic carbocycles. The van der Waals surface area contributed by atoms with Gasteiger partial charge >= 0.3 is 5.97 Å². The second-order valence-corrected chi connectivity index (χ2v) is 4.00. The fraction of sp³-hybridized carbons (Fsp3) is 0.222. The Hall–Kier alpha value is -0.580. The van der Waals surface area contributed by atoms with Crippen molar-refractivity contribution in [2.24, 2.45) is 0 Å². The van der Waals surface area contributed by atoms with Crippen molar-refractivity contribution < 1.29 is 9.90 Å². The molecule has 0 spiro atoms. The van der Waals surface area contributed by atoms with Gasteiger partial charge in [0.2, 0.25) is 0 Å². The Balaban J connectivity index is 2.58. The Labute approximate surface area is 84.7 Å². The molecule has 0 saturated carbocycles. The highest BCUT2D eigenvalue weighted by atomic mass is 127. The lowest BCUT2D eigenvalue weighted by Crippen LogP contribution is -2.14. The van der Waals surface area contributed by atoms with Gasteiger partial charge in [-0.15, -0.1) is 0 Å². The van der Waals surface area contributed by atoms with Gasteiger partial charge in [0.1, 0.15) is 3.92 Å². The molecule has 0 heterocycles. The van der Waals surface area contributed by atoms with Crippen LogP contribution in [0.25, 0.3) is 0 Å². The van der Waals surface area contributed by atoms with Crippen molar-refractivity contribution in [1.29, 1.82) is 0 Å². The van der Waals surface area contributed by atoms with E-state index in [1.807, 2.05) is 52.9 Å². The van der Waals surface area contributed by atoms with Crippen LogP contribution in [-0.4, -0.2) is 15.0 Å². The van der Waals surface area contributed by atoms with Crippen LogP contribution in [0.3, 0.4) is 0 Å². The largest absolute Gasteiger partial charge is 0.480 e. The minimum atomic E-state index is -0.751. The van der Waals surface area contributed by atoms with Gasteiger partial charge in [-0.2, -0.15) is 0 Å². The number of carboxylic acid groups (broad SMARTS) is 1. The van der Waals surface area contributed by atoms with Gasteiger partial charge in [0.05, 0.1) is 0 Å². The van der Waals surface area contributed by atoms with Crippen molar-refractivity contribution in [2.45, 2.75) is 10.3 Å². The van der Waals surface area contributed by atoms with Crippen LogP contribution in [0.15, 0.2) is 30.3 Å².